The second-order valence-electron chi connectivity index (χ2n) is 4.66. The van der Waals surface area contributed by atoms with Gasteiger partial charge in [-0.1, -0.05) is 43.3 Å². The lowest BCUT2D eigenvalue weighted by Crippen LogP contribution is -2.11. The minimum Gasteiger partial charge on any atom is -0.294 e. The molecule has 0 spiro atoms. The van der Waals surface area contributed by atoms with Gasteiger partial charge < -0.3 is 0 Å². The van der Waals surface area contributed by atoms with Gasteiger partial charge >= 0.3 is 0 Å². The van der Waals surface area contributed by atoms with Crippen LogP contribution in [-0.2, 0) is 5.92 Å². The van der Waals surface area contributed by atoms with E-state index in [-0.39, 0.29) is 16.9 Å². The van der Waals surface area contributed by atoms with E-state index < -0.39 is 5.92 Å². The molecule has 0 amide bonds. The van der Waals surface area contributed by atoms with E-state index in [2.05, 4.69) is 0 Å². The third-order valence-corrected chi connectivity index (χ3v) is 3.56. The number of rotatable bonds is 2. The van der Waals surface area contributed by atoms with Crippen molar-refractivity contribution in [2.24, 2.45) is 0 Å². The number of hydrogen-bond donors (Lipinski definition) is 0. The standard InChI is InChI=1S/C16H12F2O/c1-2-15(19)10-7-8-12-11-5-3-4-6-13(11)16(17,18)14(12)9-10/h3-9H,2H2,1H3. The van der Waals surface area contributed by atoms with E-state index in [1.807, 2.05) is 0 Å². The van der Waals surface area contributed by atoms with E-state index in [0.717, 1.165) is 0 Å². The van der Waals surface area contributed by atoms with Crippen LogP contribution in [0.2, 0.25) is 0 Å². The van der Waals surface area contributed by atoms with Crippen LogP contribution in [0.25, 0.3) is 11.1 Å². The van der Waals surface area contributed by atoms with Gasteiger partial charge in [-0.2, -0.15) is 8.78 Å². The van der Waals surface area contributed by atoms with E-state index in [4.69, 9.17) is 0 Å². The summed E-state index contributed by atoms with van der Waals surface area (Å²) in [6, 6.07) is 11.1. The van der Waals surface area contributed by atoms with Gasteiger partial charge in [-0.05, 0) is 17.2 Å². The summed E-state index contributed by atoms with van der Waals surface area (Å²) >= 11 is 0. The molecule has 0 radical (unpaired) electrons. The predicted molar refractivity (Wildman–Crippen MR) is 69.5 cm³/mol. The number of benzene rings is 2. The van der Waals surface area contributed by atoms with Gasteiger partial charge in [0.1, 0.15) is 0 Å². The molecule has 0 aliphatic heterocycles. The lowest BCUT2D eigenvalue weighted by molar-refractivity contribution is 0.0479. The van der Waals surface area contributed by atoms with Crippen LogP contribution in [0.3, 0.4) is 0 Å². The largest absolute Gasteiger partial charge is 0.299 e. The third-order valence-electron chi connectivity index (χ3n) is 3.56. The number of alkyl halides is 2. The molecule has 1 aliphatic rings. The molecule has 3 rings (SSSR count). The summed E-state index contributed by atoms with van der Waals surface area (Å²) in [6.45, 7) is 1.72. The van der Waals surface area contributed by atoms with Crippen molar-refractivity contribution in [3.05, 3.63) is 59.2 Å². The second-order valence-corrected chi connectivity index (χ2v) is 4.66. The molecule has 1 aliphatic carbocycles. The van der Waals surface area contributed by atoms with Crippen LogP contribution in [0, 0.1) is 0 Å². The highest BCUT2D eigenvalue weighted by Gasteiger charge is 2.44. The molecule has 0 fully saturated rings. The van der Waals surface area contributed by atoms with Crippen LogP contribution in [0.5, 0.6) is 0 Å². The van der Waals surface area contributed by atoms with Crippen molar-refractivity contribution < 1.29 is 13.6 Å². The van der Waals surface area contributed by atoms with Crippen molar-refractivity contribution in [1.82, 2.24) is 0 Å². The van der Waals surface area contributed by atoms with Crippen LogP contribution in [0.4, 0.5) is 8.78 Å². The van der Waals surface area contributed by atoms with Crippen LogP contribution in [0.15, 0.2) is 42.5 Å². The van der Waals surface area contributed by atoms with Crippen molar-refractivity contribution in [1.29, 1.82) is 0 Å². The minimum atomic E-state index is -3.02. The second kappa shape index (κ2) is 3.98. The average Bonchev–Trinajstić information content (AvgIpc) is 2.67. The summed E-state index contributed by atoms with van der Waals surface area (Å²) in [6.07, 6.45) is 0.317. The van der Waals surface area contributed by atoms with Gasteiger partial charge in [0, 0.05) is 23.1 Å². The Morgan fingerprint density at radius 3 is 2.47 bits per heavy atom. The maximum Gasteiger partial charge on any atom is 0.299 e. The number of carbonyl (C=O) groups is 1. The SMILES string of the molecule is CCC(=O)c1ccc2c(c1)C(F)(F)c1ccccc1-2. The maximum absolute atomic E-state index is 14.4. The number of Topliss-reactive ketones (excluding diaryl/α,β-unsaturated/α-hetero) is 1. The molecular weight excluding hydrogens is 246 g/mol. The Balaban J connectivity index is 2.24. The van der Waals surface area contributed by atoms with E-state index in [1.54, 1.807) is 37.3 Å². The highest BCUT2D eigenvalue weighted by atomic mass is 19.3. The molecule has 0 saturated carbocycles. The molecule has 1 nitrogen and oxygen atoms in total. The van der Waals surface area contributed by atoms with Crippen molar-refractivity contribution in [3.63, 3.8) is 0 Å². The van der Waals surface area contributed by atoms with Gasteiger partial charge in [-0.3, -0.25) is 4.79 Å². The Kier molecular flexibility index (Phi) is 2.52. The summed E-state index contributed by atoms with van der Waals surface area (Å²) < 4.78 is 28.7. The molecular formula is C16H12F2O. The maximum atomic E-state index is 14.4. The van der Waals surface area contributed by atoms with Gasteiger partial charge in [-0.25, -0.2) is 0 Å². The molecule has 0 aromatic heterocycles. The van der Waals surface area contributed by atoms with Crippen LogP contribution < -0.4 is 0 Å². The normalized spacial score (nSPS) is 14.9. The van der Waals surface area contributed by atoms with E-state index in [9.17, 15) is 13.6 Å². The summed E-state index contributed by atoms with van der Waals surface area (Å²) in [5, 5.41) is 0. The molecule has 0 N–H and O–H groups in total. The topological polar surface area (TPSA) is 17.1 Å². The molecule has 2 aromatic rings. The first-order valence-corrected chi connectivity index (χ1v) is 6.21. The number of fused-ring (bicyclic) bond motifs is 3. The summed E-state index contributed by atoms with van der Waals surface area (Å²) in [4.78, 5) is 11.7. The van der Waals surface area contributed by atoms with Gasteiger partial charge in [-0.15, -0.1) is 0 Å². The predicted octanol–water partition coefficient (Wildman–Crippen LogP) is 4.40. The third kappa shape index (κ3) is 1.61. The fourth-order valence-electron chi connectivity index (χ4n) is 2.55. The molecule has 0 heterocycles. The Hall–Kier alpha value is -2.03. The Morgan fingerprint density at radius 2 is 1.74 bits per heavy atom. The number of halogens is 2. The number of ketones is 1. The fourth-order valence-corrected chi connectivity index (χ4v) is 2.55. The monoisotopic (exact) mass is 258 g/mol. The van der Waals surface area contributed by atoms with Gasteiger partial charge in [0.2, 0.25) is 0 Å². The van der Waals surface area contributed by atoms with Crippen LogP contribution in [-0.4, -0.2) is 5.78 Å². The Bertz CT molecular complexity index is 674. The number of hydrogen-bond acceptors (Lipinski definition) is 1. The van der Waals surface area contributed by atoms with Crippen molar-refractivity contribution >= 4 is 5.78 Å². The lowest BCUT2D eigenvalue weighted by Gasteiger charge is -2.12. The molecule has 0 saturated heterocycles. The van der Waals surface area contributed by atoms with Crippen LogP contribution in [0.1, 0.15) is 34.8 Å². The zero-order valence-electron chi connectivity index (χ0n) is 10.4. The fraction of sp³-hybridized carbons (Fsp3) is 0.188. The molecule has 19 heavy (non-hydrogen) atoms. The summed E-state index contributed by atoms with van der Waals surface area (Å²) in [5.74, 6) is -3.13. The number of carbonyl (C=O) groups excluding carboxylic acids is 1. The lowest BCUT2D eigenvalue weighted by atomic mass is 10.00. The molecule has 3 heteroatoms. The first-order valence-electron chi connectivity index (χ1n) is 6.21. The average molecular weight is 258 g/mol. The molecule has 0 bridgehead atoms. The zero-order valence-corrected chi connectivity index (χ0v) is 10.4. The van der Waals surface area contributed by atoms with Crippen LogP contribution >= 0.6 is 0 Å². The molecule has 0 atom stereocenters. The van der Waals surface area contributed by atoms with E-state index >= 15 is 0 Å². The zero-order chi connectivity index (χ0) is 13.6. The quantitative estimate of drug-likeness (QED) is 0.730. The minimum absolute atomic E-state index is 0.0195. The molecule has 2 aromatic carbocycles. The highest BCUT2D eigenvalue weighted by molar-refractivity contribution is 5.97. The van der Waals surface area contributed by atoms with E-state index in [1.165, 1.54) is 12.1 Å². The van der Waals surface area contributed by atoms with Gasteiger partial charge in [0.05, 0.1) is 0 Å². The first-order chi connectivity index (χ1) is 9.05. The summed E-state index contributed by atoms with van der Waals surface area (Å²) in [5.41, 5.74) is 1.39. The highest BCUT2D eigenvalue weighted by Crippen LogP contribution is 2.50. The van der Waals surface area contributed by atoms with E-state index in [0.29, 0.717) is 23.1 Å². The van der Waals surface area contributed by atoms with Gasteiger partial charge in [0.25, 0.3) is 5.92 Å². The van der Waals surface area contributed by atoms with Crippen molar-refractivity contribution in [2.75, 3.05) is 0 Å². The first kappa shape index (κ1) is 12.0. The van der Waals surface area contributed by atoms with Crippen molar-refractivity contribution in [3.8, 4) is 11.1 Å². The molecule has 0 unspecified atom stereocenters. The van der Waals surface area contributed by atoms with Gasteiger partial charge in [0.15, 0.2) is 5.78 Å². The smallest absolute Gasteiger partial charge is 0.294 e. The Labute approximate surface area is 109 Å². The Morgan fingerprint density at radius 1 is 1.05 bits per heavy atom. The summed E-state index contributed by atoms with van der Waals surface area (Å²) in [7, 11) is 0. The van der Waals surface area contributed by atoms with Crippen molar-refractivity contribution in [2.45, 2.75) is 19.3 Å². The molecule has 96 valence electrons.